The second kappa shape index (κ2) is 9.61. The topological polar surface area (TPSA) is 93.0 Å². The molecule has 2 aromatic heterocycles. The zero-order valence-corrected chi connectivity index (χ0v) is 17.6. The van der Waals surface area contributed by atoms with Gasteiger partial charge in [-0.05, 0) is 37.6 Å². The Morgan fingerprint density at radius 1 is 1.06 bits per heavy atom. The molecular formula is C23H26N6O2. The van der Waals surface area contributed by atoms with Gasteiger partial charge in [-0.3, -0.25) is 19.1 Å². The van der Waals surface area contributed by atoms with Crippen LogP contribution in [0.3, 0.4) is 0 Å². The molecule has 0 unspecified atom stereocenters. The molecule has 0 atom stereocenters. The van der Waals surface area contributed by atoms with E-state index >= 15 is 0 Å². The molecule has 0 bridgehead atoms. The Balaban J connectivity index is 1.41. The summed E-state index contributed by atoms with van der Waals surface area (Å²) in [6.45, 7) is 3.25. The molecule has 3 aromatic rings. The minimum atomic E-state index is -0.236. The van der Waals surface area contributed by atoms with E-state index in [1.807, 2.05) is 24.3 Å². The summed E-state index contributed by atoms with van der Waals surface area (Å²) < 4.78 is 1.37. The van der Waals surface area contributed by atoms with Crippen LogP contribution in [0, 0.1) is 0 Å². The minimum Gasteiger partial charge on any atom is -0.348 e. The highest BCUT2D eigenvalue weighted by Gasteiger charge is 2.13. The number of rotatable bonds is 7. The van der Waals surface area contributed by atoms with Crippen molar-refractivity contribution in [3.63, 3.8) is 0 Å². The summed E-state index contributed by atoms with van der Waals surface area (Å²) in [5.74, 6) is 0.252. The standard InChI is InChI=1S/C23H26N6O2/c1-28-22(31)13-20(19-9-10-24-16-26-19)27-23(28)25-14-21(30)18-7-5-17(6-8-18)15-29-11-3-2-4-12-29/h5-10,13,16H,2-4,11-12,14-15H2,1H3,(H,25,27). The third kappa shape index (κ3) is 5.21. The molecule has 1 saturated heterocycles. The van der Waals surface area contributed by atoms with E-state index < -0.39 is 0 Å². The van der Waals surface area contributed by atoms with Crippen LogP contribution in [-0.2, 0) is 13.6 Å². The number of hydrogen-bond donors (Lipinski definition) is 1. The van der Waals surface area contributed by atoms with Crippen LogP contribution in [0.4, 0.5) is 5.95 Å². The number of likely N-dealkylation sites (tertiary alicyclic amines) is 1. The van der Waals surface area contributed by atoms with Crippen molar-refractivity contribution in [2.75, 3.05) is 25.0 Å². The van der Waals surface area contributed by atoms with Gasteiger partial charge in [0.05, 0.1) is 17.9 Å². The largest absolute Gasteiger partial charge is 0.348 e. The number of aromatic nitrogens is 4. The molecule has 31 heavy (non-hydrogen) atoms. The average Bonchev–Trinajstić information content (AvgIpc) is 2.81. The highest BCUT2D eigenvalue weighted by atomic mass is 16.1. The molecule has 160 valence electrons. The SMILES string of the molecule is Cn1c(NCC(=O)c2ccc(CN3CCCCC3)cc2)nc(-c2ccncn2)cc1=O. The molecule has 0 amide bonds. The summed E-state index contributed by atoms with van der Waals surface area (Å²) in [6, 6.07) is 10.9. The van der Waals surface area contributed by atoms with Crippen LogP contribution >= 0.6 is 0 Å². The van der Waals surface area contributed by atoms with E-state index in [2.05, 4.69) is 25.2 Å². The van der Waals surface area contributed by atoms with Gasteiger partial charge in [0.2, 0.25) is 5.95 Å². The summed E-state index contributed by atoms with van der Waals surface area (Å²) >= 11 is 0. The quantitative estimate of drug-likeness (QED) is 0.589. The lowest BCUT2D eigenvalue weighted by Gasteiger charge is -2.26. The summed E-state index contributed by atoms with van der Waals surface area (Å²) in [5.41, 5.74) is 2.59. The predicted molar refractivity (Wildman–Crippen MR) is 119 cm³/mol. The number of nitrogens with zero attached hydrogens (tertiary/aromatic N) is 5. The molecule has 4 rings (SSSR count). The third-order valence-corrected chi connectivity index (χ3v) is 5.52. The lowest BCUT2D eigenvalue weighted by Crippen LogP contribution is -2.29. The zero-order valence-electron chi connectivity index (χ0n) is 17.6. The number of anilines is 1. The maximum Gasteiger partial charge on any atom is 0.255 e. The van der Waals surface area contributed by atoms with Crippen LogP contribution in [0.2, 0.25) is 0 Å². The molecule has 1 aliphatic rings. The van der Waals surface area contributed by atoms with Crippen molar-refractivity contribution in [3.05, 3.63) is 70.4 Å². The van der Waals surface area contributed by atoms with Gasteiger partial charge >= 0.3 is 0 Å². The van der Waals surface area contributed by atoms with E-state index in [1.54, 1.807) is 19.3 Å². The monoisotopic (exact) mass is 418 g/mol. The predicted octanol–water partition coefficient (Wildman–Crippen LogP) is 2.52. The molecule has 0 aliphatic carbocycles. The molecule has 1 aromatic carbocycles. The molecule has 8 heteroatoms. The third-order valence-electron chi connectivity index (χ3n) is 5.52. The molecule has 0 saturated carbocycles. The van der Waals surface area contributed by atoms with Gasteiger partial charge in [0.1, 0.15) is 6.33 Å². The first-order valence-corrected chi connectivity index (χ1v) is 10.5. The molecule has 3 heterocycles. The van der Waals surface area contributed by atoms with Gasteiger partial charge in [-0.1, -0.05) is 30.7 Å². The van der Waals surface area contributed by atoms with Crippen LogP contribution in [0.15, 0.2) is 53.7 Å². The van der Waals surface area contributed by atoms with Gasteiger partial charge in [-0.25, -0.2) is 15.0 Å². The maximum absolute atomic E-state index is 12.7. The fraction of sp³-hybridized carbons (Fsp3) is 0.348. The van der Waals surface area contributed by atoms with Crippen molar-refractivity contribution in [2.45, 2.75) is 25.8 Å². The highest BCUT2D eigenvalue weighted by Crippen LogP contribution is 2.15. The van der Waals surface area contributed by atoms with E-state index in [0.717, 1.165) is 19.6 Å². The van der Waals surface area contributed by atoms with Gasteiger partial charge in [-0.15, -0.1) is 0 Å². The summed E-state index contributed by atoms with van der Waals surface area (Å²) in [5, 5.41) is 2.99. The Morgan fingerprint density at radius 3 is 2.55 bits per heavy atom. The minimum absolute atomic E-state index is 0.0407. The van der Waals surface area contributed by atoms with E-state index in [0.29, 0.717) is 22.9 Å². The molecule has 1 aliphatic heterocycles. The second-order valence-electron chi connectivity index (χ2n) is 7.77. The van der Waals surface area contributed by atoms with Gasteiger partial charge in [-0.2, -0.15) is 0 Å². The van der Waals surface area contributed by atoms with E-state index in [1.165, 1.54) is 41.8 Å². The number of carbonyl (C=O) groups excluding carboxylic acids is 1. The number of benzene rings is 1. The number of hydrogen-bond acceptors (Lipinski definition) is 7. The first-order chi connectivity index (χ1) is 15.1. The first kappa shape index (κ1) is 20.9. The van der Waals surface area contributed by atoms with Crippen LogP contribution in [0.1, 0.15) is 35.2 Å². The number of ketones is 1. The lowest BCUT2D eigenvalue weighted by molar-refractivity contribution is 0.101. The summed E-state index contributed by atoms with van der Waals surface area (Å²) in [4.78, 5) is 39.9. The fourth-order valence-electron chi connectivity index (χ4n) is 3.70. The first-order valence-electron chi connectivity index (χ1n) is 10.5. The summed E-state index contributed by atoms with van der Waals surface area (Å²) in [7, 11) is 1.61. The Morgan fingerprint density at radius 2 is 1.84 bits per heavy atom. The molecular weight excluding hydrogens is 392 g/mol. The van der Waals surface area contributed by atoms with Crippen molar-refractivity contribution in [3.8, 4) is 11.4 Å². The fourth-order valence-corrected chi connectivity index (χ4v) is 3.70. The van der Waals surface area contributed by atoms with Gasteiger partial charge < -0.3 is 5.32 Å². The average molecular weight is 419 g/mol. The van der Waals surface area contributed by atoms with E-state index in [-0.39, 0.29) is 17.9 Å². The van der Waals surface area contributed by atoms with Crippen molar-refractivity contribution < 1.29 is 4.79 Å². The van der Waals surface area contributed by atoms with Crippen LogP contribution in [0.5, 0.6) is 0 Å². The number of Topliss-reactive ketones (excluding diaryl/α,β-unsaturated/α-hetero) is 1. The smallest absolute Gasteiger partial charge is 0.255 e. The molecule has 1 fully saturated rings. The summed E-state index contributed by atoms with van der Waals surface area (Å²) in [6.07, 6.45) is 6.83. The van der Waals surface area contributed by atoms with Crippen LogP contribution < -0.4 is 10.9 Å². The second-order valence-corrected chi connectivity index (χ2v) is 7.77. The number of piperidine rings is 1. The van der Waals surface area contributed by atoms with Crippen LogP contribution in [0.25, 0.3) is 11.4 Å². The number of carbonyl (C=O) groups is 1. The zero-order chi connectivity index (χ0) is 21.6. The van der Waals surface area contributed by atoms with Gasteiger partial charge in [0.25, 0.3) is 5.56 Å². The Kier molecular flexibility index (Phi) is 6.47. The Labute approximate surface area is 181 Å². The van der Waals surface area contributed by atoms with Crippen molar-refractivity contribution in [2.24, 2.45) is 7.05 Å². The van der Waals surface area contributed by atoms with E-state index in [4.69, 9.17) is 0 Å². The highest BCUT2D eigenvalue weighted by molar-refractivity contribution is 5.98. The lowest BCUT2D eigenvalue weighted by atomic mass is 10.1. The van der Waals surface area contributed by atoms with Gasteiger partial charge in [0, 0.05) is 31.4 Å². The Hall–Kier alpha value is -3.39. The maximum atomic E-state index is 12.7. The number of nitrogens with one attached hydrogen (secondary N) is 1. The van der Waals surface area contributed by atoms with Crippen molar-refractivity contribution >= 4 is 11.7 Å². The molecule has 0 radical (unpaired) electrons. The molecule has 8 nitrogen and oxygen atoms in total. The normalized spacial score (nSPS) is 14.4. The van der Waals surface area contributed by atoms with Crippen molar-refractivity contribution in [1.29, 1.82) is 0 Å². The Bertz CT molecular complexity index is 1090. The van der Waals surface area contributed by atoms with Crippen molar-refractivity contribution in [1.82, 2.24) is 24.4 Å². The van der Waals surface area contributed by atoms with E-state index in [9.17, 15) is 9.59 Å². The van der Waals surface area contributed by atoms with Gasteiger partial charge in [0.15, 0.2) is 5.78 Å². The van der Waals surface area contributed by atoms with Crippen LogP contribution in [-0.4, -0.2) is 49.8 Å². The molecule has 1 N–H and O–H groups in total. The molecule has 0 spiro atoms.